The summed E-state index contributed by atoms with van der Waals surface area (Å²) >= 11 is 5.93. The van der Waals surface area contributed by atoms with Crippen LogP contribution in [0.2, 0.25) is 5.15 Å². The molecule has 1 aromatic heterocycles. The van der Waals surface area contributed by atoms with E-state index < -0.39 is 0 Å². The quantitative estimate of drug-likeness (QED) is 0.781. The first-order valence-corrected chi connectivity index (χ1v) is 6.25. The Hall–Kier alpha value is -1.61. The van der Waals surface area contributed by atoms with Gasteiger partial charge in [0.15, 0.2) is 0 Å². The first kappa shape index (κ1) is 12.8. The highest BCUT2D eigenvalue weighted by molar-refractivity contribution is 6.29. The van der Waals surface area contributed by atoms with E-state index in [0.29, 0.717) is 16.9 Å². The number of ether oxygens (including phenoxy) is 1. The molecule has 2 aromatic rings. The van der Waals surface area contributed by atoms with Crippen molar-refractivity contribution in [1.29, 1.82) is 0 Å². The van der Waals surface area contributed by atoms with Gasteiger partial charge in [0.25, 0.3) is 0 Å². The average Bonchev–Trinajstić information content (AvgIpc) is 2.33. The Morgan fingerprint density at radius 2 is 1.94 bits per heavy atom. The summed E-state index contributed by atoms with van der Waals surface area (Å²) in [6, 6.07) is 7.68. The van der Waals surface area contributed by atoms with Gasteiger partial charge in [-0.05, 0) is 31.0 Å². The minimum Gasteiger partial charge on any atom is -0.439 e. The van der Waals surface area contributed by atoms with Gasteiger partial charge in [-0.15, -0.1) is 0 Å². The lowest BCUT2D eigenvalue weighted by Crippen LogP contribution is -1.97. The van der Waals surface area contributed by atoms with E-state index in [0.717, 1.165) is 23.3 Å². The Kier molecular flexibility index (Phi) is 3.82. The summed E-state index contributed by atoms with van der Waals surface area (Å²) < 4.78 is 5.78. The lowest BCUT2D eigenvalue weighted by Gasteiger charge is -2.09. The van der Waals surface area contributed by atoms with Crippen molar-refractivity contribution in [3.05, 3.63) is 46.4 Å². The van der Waals surface area contributed by atoms with Crippen molar-refractivity contribution in [2.45, 2.75) is 27.2 Å². The molecule has 0 spiro atoms. The monoisotopic (exact) mass is 262 g/mol. The van der Waals surface area contributed by atoms with Gasteiger partial charge in [0.1, 0.15) is 16.7 Å². The van der Waals surface area contributed by atoms with Crippen LogP contribution in [0.25, 0.3) is 0 Å². The highest BCUT2D eigenvalue weighted by atomic mass is 35.5. The zero-order chi connectivity index (χ0) is 13.1. The van der Waals surface area contributed by atoms with E-state index in [2.05, 4.69) is 9.97 Å². The van der Waals surface area contributed by atoms with Crippen LogP contribution in [0.15, 0.2) is 24.3 Å². The Morgan fingerprint density at radius 3 is 2.67 bits per heavy atom. The summed E-state index contributed by atoms with van der Waals surface area (Å²) in [7, 11) is 0. The molecule has 94 valence electrons. The van der Waals surface area contributed by atoms with Gasteiger partial charge in [0.2, 0.25) is 5.88 Å². The number of benzene rings is 1. The number of rotatable bonds is 3. The molecule has 0 unspecified atom stereocenters. The van der Waals surface area contributed by atoms with Crippen molar-refractivity contribution in [2.24, 2.45) is 0 Å². The molecular formula is C14H15ClN2O. The number of hydrogen-bond acceptors (Lipinski definition) is 3. The molecule has 0 atom stereocenters. The maximum Gasteiger partial charge on any atom is 0.224 e. The van der Waals surface area contributed by atoms with Gasteiger partial charge >= 0.3 is 0 Å². The number of aromatic nitrogens is 2. The summed E-state index contributed by atoms with van der Waals surface area (Å²) in [5.74, 6) is 1.97. The molecule has 3 nitrogen and oxygen atoms in total. The van der Waals surface area contributed by atoms with Gasteiger partial charge in [-0.2, -0.15) is 4.98 Å². The number of nitrogens with zero attached hydrogens (tertiary/aromatic N) is 2. The number of halogens is 1. The van der Waals surface area contributed by atoms with Gasteiger partial charge in [0.05, 0.1) is 0 Å². The van der Waals surface area contributed by atoms with Gasteiger partial charge in [-0.1, -0.05) is 30.7 Å². The topological polar surface area (TPSA) is 35.0 Å². The van der Waals surface area contributed by atoms with Gasteiger partial charge in [-0.25, -0.2) is 4.98 Å². The third kappa shape index (κ3) is 2.99. The van der Waals surface area contributed by atoms with Crippen LogP contribution in [0.3, 0.4) is 0 Å². The second-order valence-electron chi connectivity index (χ2n) is 4.17. The predicted molar refractivity (Wildman–Crippen MR) is 72.4 cm³/mol. The standard InChI is InChI=1S/C14H15ClN2O/c1-4-13-16-12(15)8-14(17-13)18-11-7-9(2)5-6-10(11)3/h5-8H,4H2,1-3H3. The van der Waals surface area contributed by atoms with E-state index >= 15 is 0 Å². The largest absolute Gasteiger partial charge is 0.439 e. The Morgan fingerprint density at radius 1 is 1.17 bits per heavy atom. The maximum absolute atomic E-state index is 5.93. The van der Waals surface area contributed by atoms with Crippen LogP contribution in [0.1, 0.15) is 23.9 Å². The summed E-state index contributed by atoms with van der Waals surface area (Å²) in [5.41, 5.74) is 2.21. The molecule has 0 saturated heterocycles. The summed E-state index contributed by atoms with van der Waals surface area (Å²) in [6.45, 7) is 6.00. The van der Waals surface area contributed by atoms with E-state index in [1.54, 1.807) is 6.07 Å². The molecule has 1 aromatic carbocycles. The fourth-order valence-electron chi connectivity index (χ4n) is 1.58. The molecule has 4 heteroatoms. The summed E-state index contributed by atoms with van der Waals surface area (Å²) in [5, 5.41) is 0.405. The van der Waals surface area contributed by atoms with Crippen LogP contribution in [-0.2, 0) is 6.42 Å². The zero-order valence-electron chi connectivity index (χ0n) is 10.7. The molecule has 0 amide bonds. The first-order chi connectivity index (χ1) is 8.58. The van der Waals surface area contributed by atoms with Crippen LogP contribution in [0, 0.1) is 13.8 Å². The highest BCUT2D eigenvalue weighted by Gasteiger charge is 2.06. The second kappa shape index (κ2) is 5.36. The van der Waals surface area contributed by atoms with E-state index in [9.17, 15) is 0 Å². The van der Waals surface area contributed by atoms with Crippen molar-refractivity contribution in [3.63, 3.8) is 0 Å². The van der Waals surface area contributed by atoms with E-state index in [1.165, 1.54) is 0 Å². The molecule has 0 radical (unpaired) electrons. The van der Waals surface area contributed by atoms with Crippen LogP contribution >= 0.6 is 11.6 Å². The molecule has 0 aliphatic heterocycles. The van der Waals surface area contributed by atoms with Crippen molar-refractivity contribution in [2.75, 3.05) is 0 Å². The third-order valence-corrected chi connectivity index (χ3v) is 2.79. The van der Waals surface area contributed by atoms with Crippen molar-refractivity contribution in [3.8, 4) is 11.6 Å². The maximum atomic E-state index is 5.93. The average molecular weight is 263 g/mol. The van der Waals surface area contributed by atoms with Gasteiger partial charge in [0, 0.05) is 12.5 Å². The Balaban J connectivity index is 2.33. The van der Waals surface area contributed by atoms with Crippen molar-refractivity contribution in [1.82, 2.24) is 9.97 Å². The van der Waals surface area contributed by atoms with Crippen LogP contribution in [0.5, 0.6) is 11.6 Å². The summed E-state index contributed by atoms with van der Waals surface area (Å²) in [6.07, 6.45) is 0.726. The van der Waals surface area contributed by atoms with E-state index in [4.69, 9.17) is 16.3 Å². The Bertz CT molecular complexity index is 570. The van der Waals surface area contributed by atoms with Crippen LogP contribution in [0.4, 0.5) is 0 Å². The second-order valence-corrected chi connectivity index (χ2v) is 4.56. The first-order valence-electron chi connectivity index (χ1n) is 5.87. The van der Waals surface area contributed by atoms with E-state index in [1.807, 2.05) is 39.0 Å². The van der Waals surface area contributed by atoms with Crippen molar-refractivity contribution >= 4 is 11.6 Å². The molecule has 0 saturated carbocycles. The Labute approximate surface area is 112 Å². The molecule has 2 rings (SSSR count). The van der Waals surface area contributed by atoms with Crippen molar-refractivity contribution < 1.29 is 4.74 Å². The predicted octanol–water partition coefficient (Wildman–Crippen LogP) is 4.10. The summed E-state index contributed by atoms with van der Waals surface area (Å²) in [4.78, 5) is 8.41. The van der Waals surface area contributed by atoms with Gasteiger partial charge in [-0.3, -0.25) is 0 Å². The van der Waals surface area contributed by atoms with Crippen LogP contribution < -0.4 is 4.74 Å². The minimum absolute atomic E-state index is 0.405. The zero-order valence-corrected chi connectivity index (χ0v) is 11.5. The molecule has 0 N–H and O–H groups in total. The lowest BCUT2D eigenvalue weighted by atomic mass is 10.1. The molecule has 0 fully saturated rings. The minimum atomic E-state index is 0.405. The fraction of sp³-hybridized carbons (Fsp3) is 0.286. The molecule has 1 heterocycles. The molecule has 0 aliphatic rings. The van der Waals surface area contributed by atoms with Gasteiger partial charge < -0.3 is 4.74 Å². The number of aryl methyl sites for hydroxylation is 3. The smallest absolute Gasteiger partial charge is 0.224 e. The molecular weight excluding hydrogens is 248 g/mol. The lowest BCUT2D eigenvalue weighted by molar-refractivity contribution is 0.455. The third-order valence-electron chi connectivity index (χ3n) is 2.59. The van der Waals surface area contributed by atoms with Crippen LogP contribution in [-0.4, -0.2) is 9.97 Å². The normalized spacial score (nSPS) is 10.4. The van der Waals surface area contributed by atoms with E-state index in [-0.39, 0.29) is 0 Å². The highest BCUT2D eigenvalue weighted by Crippen LogP contribution is 2.26. The molecule has 0 aliphatic carbocycles. The molecule has 0 bridgehead atoms. The fourth-order valence-corrected chi connectivity index (χ4v) is 1.77. The SMILES string of the molecule is CCc1nc(Cl)cc(Oc2cc(C)ccc2C)n1. The number of hydrogen-bond donors (Lipinski definition) is 0. The molecule has 18 heavy (non-hydrogen) atoms.